The number of anilines is 2. The molecule has 0 aliphatic carbocycles. The van der Waals surface area contributed by atoms with E-state index in [0.717, 1.165) is 11.4 Å². The molecule has 0 aliphatic heterocycles. The summed E-state index contributed by atoms with van der Waals surface area (Å²) >= 11 is 1.90. The van der Waals surface area contributed by atoms with Crippen LogP contribution in [-0.4, -0.2) is 0 Å². The first-order valence-corrected chi connectivity index (χ1v) is 13.7. The van der Waals surface area contributed by atoms with Gasteiger partial charge in [-0.1, -0.05) is 121 Å². The molecule has 0 bridgehead atoms. The van der Waals surface area contributed by atoms with Crippen LogP contribution in [0.1, 0.15) is 0 Å². The zero-order valence-electron chi connectivity index (χ0n) is 20.8. The minimum absolute atomic E-state index is 1.08. The Bertz CT molecular complexity index is 1850. The maximum atomic E-state index is 3.55. The van der Waals surface area contributed by atoms with Crippen LogP contribution in [-0.2, 0) is 0 Å². The Morgan fingerprint density at radius 2 is 0.763 bits per heavy atom. The fourth-order valence-electron chi connectivity index (χ4n) is 5.17. The molecule has 1 aromatic heterocycles. The van der Waals surface area contributed by atoms with Crippen LogP contribution in [0, 0.1) is 0 Å². The zero-order chi connectivity index (χ0) is 25.3. The molecule has 0 fully saturated rings. The predicted octanol–water partition coefficient (Wildman–Crippen LogP) is 10.8. The van der Waals surface area contributed by atoms with Crippen LogP contribution in [0.4, 0.5) is 11.4 Å². The summed E-state index contributed by atoms with van der Waals surface area (Å²) in [6.07, 6.45) is 0. The molecule has 6 aromatic carbocycles. The SMILES string of the molecule is c1ccc(-c2ccc(Nc3ccc(-c4cccc5c4sc4c(-c6ccccc6)cccc45)cc3)cc2)cc1. The Morgan fingerprint density at radius 1 is 0.342 bits per heavy atom. The quantitative estimate of drug-likeness (QED) is 0.246. The Hall–Kier alpha value is -4.66. The number of nitrogens with one attached hydrogen (secondary N) is 1. The van der Waals surface area contributed by atoms with Gasteiger partial charge in [-0.25, -0.2) is 0 Å². The molecule has 38 heavy (non-hydrogen) atoms. The molecule has 0 aliphatic rings. The van der Waals surface area contributed by atoms with Gasteiger partial charge >= 0.3 is 0 Å². The van der Waals surface area contributed by atoms with Crippen LogP contribution < -0.4 is 5.32 Å². The van der Waals surface area contributed by atoms with Crippen molar-refractivity contribution < 1.29 is 0 Å². The molecule has 0 radical (unpaired) electrons. The summed E-state index contributed by atoms with van der Waals surface area (Å²) in [4.78, 5) is 0. The molecular formula is C36H25NS. The molecule has 0 atom stereocenters. The van der Waals surface area contributed by atoms with Crippen LogP contribution in [0.15, 0.2) is 146 Å². The number of benzene rings is 6. The lowest BCUT2D eigenvalue weighted by Gasteiger charge is -2.09. The molecule has 1 heterocycles. The first-order valence-electron chi connectivity index (χ1n) is 12.9. The molecule has 0 amide bonds. The van der Waals surface area contributed by atoms with Crippen molar-refractivity contribution >= 4 is 42.9 Å². The molecule has 0 saturated carbocycles. The van der Waals surface area contributed by atoms with Crippen molar-refractivity contribution in [3.8, 4) is 33.4 Å². The van der Waals surface area contributed by atoms with E-state index in [-0.39, 0.29) is 0 Å². The van der Waals surface area contributed by atoms with Gasteiger partial charge in [0, 0.05) is 31.5 Å². The van der Waals surface area contributed by atoms with Gasteiger partial charge in [0.1, 0.15) is 0 Å². The summed E-state index contributed by atoms with van der Waals surface area (Å²) in [7, 11) is 0. The third kappa shape index (κ3) is 4.15. The minimum atomic E-state index is 1.08. The molecule has 0 unspecified atom stereocenters. The largest absolute Gasteiger partial charge is 0.356 e. The zero-order valence-corrected chi connectivity index (χ0v) is 21.6. The lowest BCUT2D eigenvalue weighted by Crippen LogP contribution is -1.90. The van der Waals surface area contributed by atoms with Crippen molar-refractivity contribution in [2.24, 2.45) is 0 Å². The first kappa shape index (κ1) is 22.5. The molecular weight excluding hydrogens is 478 g/mol. The van der Waals surface area contributed by atoms with Gasteiger partial charge in [0.25, 0.3) is 0 Å². The van der Waals surface area contributed by atoms with Crippen molar-refractivity contribution in [2.75, 3.05) is 5.32 Å². The number of hydrogen-bond donors (Lipinski definition) is 1. The highest BCUT2D eigenvalue weighted by molar-refractivity contribution is 7.26. The van der Waals surface area contributed by atoms with Crippen LogP contribution in [0.2, 0.25) is 0 Å². The summed E-state index contributed by atoms with van der Waals surface area (Å²) in [5.41, 5.74) is 9.68. The Balaban J connectivity index is 1.20. The summed E-state index contributed by atoms with van der Waals surface area (Å²) in [5.74, 6) is 0. The van der Waals surface area contributed by atoms with E-state index in [1.54, 1.807) is 0 Å². The molecule has 2 heteroatoms. The van der Waals surface area contributed by atoms with Crippen molar-refractivity contribution in [3.63, 3.8) is 0 Å². The van der Waals surface area contributed by atoms with Crippen molar-refractivity contribution in [1.29, 1.82) is 0 Å². The molecule has 180 valence electrons. The number of fused-ring (bicyclic) bond motifs is 3. The lowest BCUT2D eigenvalue weighted by molar-refractivity contribution is 1.54. The van der Waals surface area contributed by atoms with E-state index in [0.29, 0.717) is 0 Å². The third-order valence-electron chi connectivity index (χ3n) is 7.09. The second-order valence-corrected chi connectivity index (χ2v) is 10.5. The van der Waals surface area contributed by atoms with Crippen molar-refractivity contribution in [3.05, 3.63) is 146 Å². The van der Waals surface area contributed by atoms with Gasteiger partial charge in [-0.15, -0.1) is 11.3 Å². The van der Waals surface area contributed by atoms with Crippen LogP contribution in [0.5, 0.6) is 0 Å². The highest BCUT2D eigenvalue weighted by Crippen LogP contribution is 2.43. The third-order valence-corrected chi connectivity index (χ3v) is 8.37. The summed E-state index contributed by atoms with van der Waals surface area (Å²) in [5, 5.41) is 6.19. The van der Waals surface area contributed by atoms with E-state index in [2.05, 4.69) is 145 Å². The fraction of sp³-hybridized carbons (Fsp3) is 0. The van der Waals surface area contributed by atoms with E-state index in [1.807, 2.05) is 17.4 Å². The summed E-state index contributed by atoms with van der Waals surface area (Å²) < 4.78 is 2.68. The maximum Gasteiger partial charge on any atom is 0.0434 e. The smallest absolute Gasteiger partial charge is 0.0434 e. The average molecular weight is 504 g/mol. The number of rotatable bonds is 5. The van der Waals surface area contributed by atoms with Gasteiger partial charge in [0.15, 0.2) is 0 Å². The number of hydrogen-bond acceptors (Lipinski definition) is 2. The lowest BCUT2D eigenvalue weighted by atomic mass is 10.00. The number of thiophene rings is 1. The van der Waals surface area contributed by atoms with Gasteiger partial charge in [0.05, 0.1) is 0 Å². The van der Waals surface area contributed by atoms with Crippen LogP contribution in [0.3, 0.4) is 0 Å². The minimum Gasteiger partial charge on any atom is -0.356 e. The fourth-order valence-corrected chi connectivity index (χ4v) is 6.54. The maximum absolute atomic E-state index is 3.55. The molecule has 7 rings (SSSR count). The van der Waals surface area contributed by atoms with Gasteiger partial charge in [-0.2, -0.15) is 0 Å². The van der Waals surface area contributed by atoms with E-state index in [4.69, 9.17) is 0 Å². The highest BCUT2D eigenvalue weighted by Gasteiger charge is 2.13. The molecule has 0 saturated heterocycles. The summed E-state index contributed by atoms with van der Waals surface area (Å²) in [6, 6.07) is 51.9. The van der Waals surface area contributed by atoms with Crippen molar-refractivity contribution in [2.45, 2.75) is 0 Å². The van der Waals surface area contributed by atoms with Crippen LogP contribution in [0.25, 0.3) is 53.6 Å². The molecule has 1 N–H and O–H groups in total. The average Bonchev–Trinajstić information content (AvgIpc) is 3.38. The van der Waals surface area contributed by atoms with E-state index in [9.17, 15) is 0 Å². The normalized spacial score (nSPS) is 11.2. The van der Waals surface area contributed by atoms with E-state index >= 15 is 0 Å². The van der Waals surface area contributed by atoms with Gasteiger partial charge < -0.3 is 5.32 Å². The van der Waals surface area contributed by atoms with Crippen molar-refractivity contribution in [1.82, 2.24) is 0 Å². The van der Waals surface area contributed by atoms with Gasteiger partial charge in [-0.3, -0.25) is 0 Å². The first-order chi connectivity index (χ1) is 18.8. The molecule has 7 aromatic rings. The monoisotopic (exact) mass is 503 g/mol. The Labute approximate surface area is 226 Å². The molecule has 1 nitrogen and oxygen atoms in total. The summed E-state index contributed by atoms with van der Waals surface area (Å²) in [6.45, 7) is 0. The predicted molar refractivity (Wildman–Crippen MR) is 165 cm³/mol. The van der Waals surface area contributed by atoms with Gasteiger partial charge in [0.2, 0.25) is 0 Å². The Morgan fingerprint density at radius 3 is 1.29 bits per heavy atom. The highest BCUT2D eigenvalue weighted by atomic mass is 32.1. The molecule has 0 spiro atoms. The van der Waals surface area contributed by atoms with Gasteiger partial charge in [-0.05, 0) is 57.6 Å². The Kier molecular flexibility index (Phi) is 5.73. The van der Waals surface area contributed by atoms with Crippen LogP contribution >= 0.6 is 11.3 Å². The van der Waals surface area contributed by atoms with E-state index < -0.39 is 0 Å². The second kappa shape index (κ2) is 9.66. The topological polar surface area (TPSA) is 12.0 Å². The van der Waals surface area contributed by atoms with E-state index in [1.165, 1.54) is 53.6 Å². The standard InChI is InChI=1S/C36H25NS/c1-3-9-25(10-4-1)26-17-21-29(22-18-26)37-30-23-19-28(20-24-30)32-14-8-16-34-33-15-7-13-31(35(33)38-36(32)34)27-11-5-2-6-12-27/h1-24,37H. The second-order valence-electron chi connectivity index (χ2n) is 9.48.